The van der Waals surface area contributed by atoms with E-state index in [1.165, 1.54) is 7.05 Å². The van der Waals surface area contributed by atoms with Crippen molar-refractivity contribution in [3.8, 4) is 0 Å². The first-order valence-corrected chi connectivity index (χ1v) is 4.00. The first-order valence-electron chi connectivity index (χ1n) is 4.00. The van der Waals surface area contributed by atoms with Gasteiger partial charge in [0.15, 0.2) is 11.5 Å². The van der Waals surface area contributed by atoms with Gasteiger partial charge in [-0.15, -0.1) is 0 Å². The molecule has 6 heteroatoms. The number of hydrogen-bond donors (Lipinski definition) is 0. The Morgan fingerprint density at radius 1 is 1.57 bits per heavy atom. The summed E-state index contributed by atoms with van der Waals surface area (Å²) in [7, 11) is 1.32. The number of alkyl halides is 3. The van der Waals surface area contributed by atoms with Crippen molar-refractivity contribution in [3.05, 3.63) is 17.5 Å². The highest BCUT2D eigenvalue weighted by atomic mass is 19.4. The minimum Gasteiger partial charge on any atom is -0.292 e. The van der Waals surface area contributed by atoms with Gasteiger partial charge in [-0.25, -0.2) is 0 Å². The maximum absolute atomic E-state index is 12.2. The van der Waals surface area contributed by atoms with Crippen LogP contribution in [-0.2, 0) is 13.2 Å². The van der Waals surface area contributed by atoms with Crippen LogP contribution >= 0.6 is 0 Å². The molecule has 1 aromatic rings. The zero-order valence-corrected chi connectivity index (χ0v) is 7.72. The van der Waals surface area contributed by atoms with E-state index in [-0.39, 0.29) is 17.9 Å². The maximum Gasteiger partial charge on any atom is 0.435 e. The van der Waals surface area contributed by atoms with Crippen LogP contribution in [0.25, 0.3) is 0 Å². The highest BCUT2D eigenvalue weighted by Gasteiger charge is 2.35. The summed E-state index contributed by atoms with van der Waals surface area (Å²) in [4.78, 5) is 11.1. The lowest BCUT2D eigenvalue weighted by atomic mass is 10.2. The number of Topliss-reactive ketones (excluding diaryl/α,β-unsaturated/α-hetero) is 1. The van der Waals surface area contributed by atoms with E-state index in [9.17, 15) is 18.0 Å². The fourth-order valence-electron chi connectivity index (χ4n) is 1.05. The predicted octanol–water partition coefficient (Wildman–Crippen LogP) is 2.03. The van der Waals surface area contributed by atoms with Crippen LogP contribution in [-0.4, -0.2) is 15.6 Å². The molecule has 0 saturated heterocycles. The van der Waals surface area contributed by atoms with Crippen LogP contribution < -0.4 is 0 Å². The number of ketones is 1. The molecule has 14 heavy (non-hydrogen) atoms. The van der Waals surface area contributed by atoms with Crippen LogP contribution in [0.2, 0.25) is 0 Å². The van der Waals surface area contributed by atoms with E-state index in [1.54, 1.807) is 6.92 Å². The number of carbonyl (C=O) groups excluding carboxylic acids is 1. The summed E-state index contributed by atoms with van der Waals surface area (Å²) in [5, 5.41) is 3.22. The van der Waals surface area contributed by atoms with Gasteiger partial charge in [0.05, 0.1) is 0 Å². The van der Waals surface area contributed by atoms with E-state index in [0.717, 1.165) is 10.7 Å². The maximum atomic E-state index is 12.2. The number of aryl methyl sites for hydroxylation is 1. The lowest BCUT2D eigenvalue weighted by molar-refractivity contribution is -0.141. The van der Waals surface area contributed by atoms with E-state index in [1.807, 2.05) is 0 Å². The molecule has 0 aromatic carbocycles. The van der Waals surface area contributed by atoms with Crippen molar-refractivity contribution in [2.24, 2.45) is 7.05 Å². The third-order valence-corrected chi connectivity index (χ3v) is 1.78. The van der Waals surface area contributed by atoms with Crippen LogP contribution in [0.3, 0.4) is 0 Å². The summed E-state index contributed by atoms with van der Waals surface area (Å²) < 4.78 is 37.4. The number of rotatable bonds is 2. The molecule has 0 atom stereocenters. The van der Waals surface area contributed by atoms with E-state index in [2.05, 4.69) is 5.10 Å². The second-order valence-electron chi connectivity index (χ2n) is 2.81. The molecular formula is C8H9F3N2O. The first-order chi connectivity index (χ1) is 6.36. The smallest absolute Gasteiger partial charge is 0.292 e. The molecule has 0 aliphatic heterocycles. The first kappa shape index (κ1) is 10.7. The molecule has 1 heterocycles. The van der Waals surface area contributed by atoms with Crippen LogP contribution in [0.1, 0.15) is 29.5 Å². The Labute approximate surface area is 78.5 Å². The minimum atomic E-state index is -4.50. The number of carbonyl (C=O) groups is 1. The van der Waals surface area contributed by atoms with Gasteiger partial charge in [-0.05, 0) is 6.07 Å². The molecule has 0 aliphatic rings. The molecule has 0 fully saturated rings. The average molecular weight is 206 g/mol. The molecule has 0 amide bonds. The Balaban J connectivity index is 3.12. The molecular weight excluding hydrogens is 197 g/mol. The Morgan fingerprint density at radius 3 is 2.50 bits per heavy atom. The molecule has 0 radical (unpaired) electrons. The second-order valence-corrected chi connectivity index (χ2v) is 2.81. The van der Waals surface area contributed by atoms with Crippen molar-refractivity contribution in [1.82, 2.24) is 9.78 Å². The molecule has 0 bridgehead atoms. The van der Waals surface area contributed by atoms with Crippen molar-refractivity contribution < 1.29 is 18.0 Å². The van der Waals surface area contributed by atoms with Gasteiger partial charge in [0.1, 0.15) is 5.69 Å². The quantitative estimate of drug-likeness (QED) is 0.694. The zero-order valence-electron chi connectivity index (χ0n) is 7.72. The Hall–Kier alpha value is -1.33. The number of halogens is 3. The van der Waals surface area contributed by atoms with Crippen LogP contribution in [0.4, 0.5) is 13.2 Å². The molecule has 3 nitrogen and oxygen atoms in total. The van der Waals surface area contributed by atoms with Crippen molar-refractivity contribution in [2.75, 3.05) is 0 Å². The summed E-state index contributed by atoms with van der Waals surface area (Å²) in [5.41, 5.74) is -1.04. The van der Waals surface area contributed by atoms with Gasteiger partial charge in [-0.2, -0.15) is 18.3 Å². The molecule has 0 unspecified atom stereocenters. The molecule has 1 aromatic heterocycles. The summed E-state index contributed by atoms with van der Waals surface area (Å²) in [6.45, 7) is 1.59. The average Bonchev–Trinajstić information content (AvgIpc) is 2.45. The normalized spacial score (nSPS) is 11.8. The van der Waals surface area contributed by atoms with E-state index in [0.29, 0.717) is 0 Å². The van der Waals surface area contributed by atoms with Crippen LogP contribution in [0, 0.1) is 0 Å². The summed E-state index contributed by atoms with van der Waals surface area (Å²) in [6.07, 6.45) is -4.33. The highest BCUT2D eigenvalue weighted by molar-refractivity contribution is 5.94. The predicted molar refractivity (Wildman–Crippen MR) is 42.8 cm³/mol. The molecule has 0 N–H and O–H groups in total. The van der Waals surface area contributed by atoms with E-state index < -0.39 is 11.9 Å². The summed E-state index contributed by atoms with van der Waals surface area (Å²) >= 11 is 0. The molecule has 78 valence electrons. The third-order valence-electron chi connectivity index (χ3n) is 1.78. The summed E-state index contributed by atoms with van der Waals surface area (Å²) in [6, 6.07) is 0.770. The van der Waals surface area contributed by atoms with Crippen molar-refractivity contribution in [1.29, 1.82) is 0 Å². The summed E-state index contributed by atoms with van der Waals surface area (Å²) in [5.74, 6) is -0.351. The standard InChI is InChI=1S/C8H9F3N2O/c1-3-6(14)5-4-7(8(9,10)11)12-13(5)2/h4H,3H2,1-2H3. The lowest BCUT2D eigenvalue weighted by Gasteiger charge is -1.98. The Morgan fingerprint density at radius 2 is 2.14 bits per heavy atom. The van der Waals surface area contributed by atoms with Gasteiger partial charge in [-0.1, -0.05) is 6.92 Å². The van der Waals surface area contributed by atoms with Gasteiger partial charge in [0.25, 0.3) is 0 Å². The van der Waals surface area contributed by atoms with Gasteiger partial charge in [0.2, 0.25) is 0 Å². The molecule has 0 spiro atoms. The topological polar surface area (TPSA) is 34.9 Å². The fourth-order valence-corrected chi connectivity index (χ4v) is 1.05. The van der Waals surface area contributed by atoms with Crippen molar-refractivity contribution in [2.45, 2.75) is 19.5 Å². The second kappa shape index (κ2) is 3.43. The zero-order chi connectivity index (χ0) is 10.9. The molecule has 0 saturated carbocycles. The van der Waals surface area contributed by atoms with Gasteiger partial charge in [0, 0.05) is 13.5 Å². The van der Waals surface area contributed by atoms with Gasteiger partial charge in [-0.3, -0.25) is 9.48 Å². The van der Waals surface area contributed by atoms with Crippen LogP contribution in [0.5, 0.6) is 0 Å². The van der Waals surface area contributed by atoms with Crippen molar-refractivity contribution >= 4 is 5.78 Å². The van der Waals surface area contributed by atoms with E-state index >= 15 is 0 Å². The highest BCUT2D eigenvalue weighted by Crippen LogP contribution is 2.28. The Kier molecular flexibility index (Phi) is 2.64. The minimum absolute atomic E-state index is 0.0141. The molecule has 0 aliphatic carbocycles. The monoisotopic (exact) mass is 206 g/mol. The van der Waals surface area contributed by atoms with Gasteiger partial charge < -0.3 is 0 Å². The number of nitrogens with zero attached hydrogens (tertiary/aromatic N) is 2. The molecule has 1 rings (SSSR count). The largest absolute Gasteiger partial charge is 0.435 e. The Bertz CT molecular complexity index is 354. The SMILES string of the molecule is CCC(=O)c1cc(C(F)(F)F)nn1C. The number of aromatic nitrogens is 2. The van der Waals surface area contributed by atoms with Crippen LogP contribution in [0.15, 0.2) is 6.07 Å². The third kappa shape index (κ3) is 1.94. The fraction of sp³-hybridized carbons (Fsp3) is 0.500. The lowest BCUT2D eigenvalue weighted by Crippen LogP contribution is -2.07. The van der Waals surface area contributed by atoms with E-state index in [4.69, 9.17) is 0 Å². The van der Waals surface area contributed by atoms with Gasteiger partial charge >= 0.3 is 6.18 Å². The van der Waals surface area contributed by atoms with Crippen molar-refractivity contribution in [3.63, 3.8) is 0 Å². The number of hydrogen-bond acceptors (Lipinski definition) is 2.